The molecule has 0 bridgehead atoms. The first-order valence-corrected chi connectivity index (χ1v) is 6.35. The number of nitrogens with zero attached hydrogens (tertiary/aromatic N) is 2. The Morgan fingerprint density at radius 2 is 2.47 bits per heavy atom. The molecule has 1 N–H and O–H groups in total. The Morgan fingerprint density at radius 1 is 1.59 bits per heavy atom. The van der Waals surface area contributed by atoms with Gasteiger partial charge < -0.3 is 10.1 Å². The fourth-order valence-corrected chi connectivity index (χ4v) is 2.00. The average molecular weight is 256 g/mol. The standard InChI is InChI=1S/C12H18ClN3O/c1-2-16-5-6-17-11(9-16)8-15-12-4-3-10(13)7-14-12/h3-4,7,11H,2,5-6,8-9H2,1H3,(H,14,15). The smallest absolute Gasteiger partial charge is 0.126 e. The van der Waals surface area contributed by atoms with Gasteiger partial charge in [-0.3, -0.25) is 4.90 Å². The number of aromatic nitrogens is 1. The third kappa shape index (κ3) is 3.84. The quantitative estimate of drug-likeness (QED) is 0.891. The van der Waals surface area contributed by atoms with Crippen molar-refractivity contribution in [3.05, 3.63) is 23.4 Å². The van der Waals surface area contributed by atoms with Gasteiger partial charge in [0.15, 0.2) is 0 Å². The van der Waals surface area contributed by atoms with Crippen LogP contribution in [-0.4, -0.2) is 48.8 Å². The van der Waals surface area contributed by atoms with Crippen molar-refractivity contribution in [2.24, 2.45) is 0 Å². The highest BCUT2D eigenvalue weighted by Gasteiger charge is 2.18. The van der Waals surface area contributed by atoms with E-state index >= 15 is 0 Å². The summed E-state index contributed by atoms with van der Waals surface area (Å²) < 4.78 is 5.70. The molecule has 1 saturated heterocycles. The second kappa shape index (κ2) is 6.19. The summed E-state index contributed by atoms with van der Waals surface area (Å²) in [7, 11) is 0. The van der Waals surface area contributed by atoms with Gasteiger partial charge in [-0.05, 0) is 18.7 Å². The summed E-state index contributed by atoms with van der Waals surface area (Å²) in [6, 6.07) is 3.71. The van der Waals surface area contributed by atoms with E-state index in [0.717, 1.165) is 38.6 Å². The summed E-state index contributed by atoms with van der Waals surface area (Å²) in [6.07, 6.45) is 1.88. The Balaban J connectivity index is 1.79. The molecular formula is C12H18ClN3O. The van der Waals surface area contributed by atoms with E-state index in [2.05, 4.69) is 22.1 Å². The molecule has 0 spiro atoms. The number of morpholine rings is 1. The van der Waals surface area contributed by atoms with Crippen molar-refractivity contribution in [3.63, 3.8) is 0 Å². The van der Waals surface area contributed by atoms with E-state index in [4.69, 9.17) is 16.3 Å². The zero-order valence-corrected chi connectivity index (χ0v) is 10.8. The lowest BCUT2D eigenvalue weighted by molar-refractivity contribution is -0.0192. The van der Waals surface area contributed by atoms with Gasteiger partial charge in [0, 0.05) is 25.8 Å². The predicted molar refractivity (Wildman–Crippen MR) is 69.6 cm³/mol. The Hall–Kier alpha value is -0.840. The van der Waals surface area contributed by atoms with Gasteiger partial charge in [0.05, 0.1) is 17.7 Å². The molecule has 1 aliphatic heterocycles. The monoisotopic (exact) mass is 255 g/mol. The number of rotatable bonds is 4. The predicted octanol–water partition coefficient (Wildman–Crippen LogP) is 1.87. The summed E-state index contributed by atoms with van der Waals surface area (Å²) in [4.78, 5) is 6.58. The normalized spacial score (nSPS) is 21.4. The zero-order chi connectivity index (χ0) is 12.1. The van der Waals surface area contributed by atoms with Crippen LogP contribution in [-0.2, 0) is 4.74 Å². The number of hydrogen-bond donors (Lipinski definition) is 1. The fraction of sp³-hybridized carbons (Fsp3) is 0.583. The first-order valence-electron chi connectivity index (χ1n) is 5.97. The molecule has 1 fully saturated rings. The van der Waals surface area contributed by atoms with Crippen molar-refractivity contribution < 1.29 is 4.74 Å². The zero-order valence-electron chi connectivity index (χ0n) is 10.0. The van der Waals surface area contributed by atoms with Gasteiger partial charge in [-0.1, -0.05) is 18.5 Å². The van der Waals surface area contributed by atoms with E-state index in [1.807, 2.05) is 12.1 Å². The van der Waals surface area contributed by atoms with Gasteiger partial charge in [-0.2, -0.15) is 0 Å². The minimum Gasteiger partial charge on any atom is -0.374 e. The molecule has 1 unspecified atom stereocenters. The summed E-state index contributed by atoms with van der Waals surface area (Å²) in [6.45, 7) is 6.87. The topological polar surface area (TPSA) is 37.4 Å². The Kier molecular flexibility index (Phi) is 4.59. The Labute approximate surface area is 107 Å². The summed E-state index contributed by atoms with van der Waals surface area (Å²) in [5, 5.41) is 3.92. The van der Waals surface area contributed by atoms with Gasteiger partial charge in [-0.15, -0.1) is 0 Å². The average Bonchev–Trinajstić information content (AvgIpc) is 2.38. The third-order valence-corrected chi connectivity index (χ3v) is 3.13. The molecule has 0 aliphatic carbocycles. The molecule has 1 atom stereocenters. The van der Waals surface area contributed by atoms with Crippen molar-refractivity contribution in [2.75, 3.05) is 38.1 Å². The maximum absolute atomic E-state index is 5.78. The molecule has 0 radical (unpaired) electrons. The third-order valence-electron chi connectivity index (χ3n) is 2.91. The summed E-state index contributed by atoms with van der Waals surface area (Å²) in [5.41, 5.74) is 0. The van der Waals surface area contributed by atoms with E-state index in [-0.39, 0.29) is 6.10 Å². The maximum atomic E-state index is 5.78. The molecule has 1 aromatic rings. The highest BCUT2D eigenvalue weighted by molar-refractivity contribution is 6.30. The number of halogens is 1. The number of pyridine rings is 1. The van der Waals surface area contributed by atoms with E-state index in [1.54, 1.807) is 6.20 Å². The van der Waals surface area contributed by atoms with Gasteiger partial charge >= 0.3 is 0 Å². The lowest BCUT2D eigenvalue weighted by Gasteiger charge is -2.32. The maximum Gasteiger partial charge on any atom is 0.126 e. The second-order valence-corrected chi connectivity index (χ2v) is 4.57. The van der Waals surface area contributed by atoms with Gasteiger partial charge in [0.1, 0.15) is 5.82 Å². The van der Waals surface area contributed by atoms with Gasteiger partial charge in [0.25, 0.3) is 0 Å². The minimum absolute atomic E-state index is 0.237. The Bertz CT molecular complexity index is 344. The van der Waals surface area contributed by atoms with Crippen molar-refractivity contribution in [1.82, 2.24) is 9.88 Å². The molecule has 5 heteroatoms. The van der Waals surface area contributed by atoms with Crippen LogP contribution in [0.4, 0.5) is 5.82 Å². The van der Waals surface area contributed by atoms with Crippen LogP contribution < -0.4 is 5.32 Å². The molecule has 2 rings (SSSR count). The van der Waals surface area contributed by atoms with Crippen LogP contribution in [0.5, 0.6) is 0 Å². The first-order chi connectivity index (χ1) is 8.28. The second-order valence-electron chi connectivity index (χ2n) is 4.13. The molecule has 17 heavy (non-hydrogen) atoms. The van der Waals surface area contributed by atoms with Crippen LogP contribution in [0.2, 0.25) is 5.02 Å². The van der Waals surface area contributed by atoms with E-state index in [0.29, 0.717) is 5.02 Å². The van der Waals surface area contributed by atoms with Crippen molar-refractivity contribution in [1.29, 1.82) is 0 Å². The van der Waals surface area contributed by atoms with Crippen molar-refractivity contribution >= 4 is 17.4 Å². The van der Waals surface area contributed by atoms with Crippen LogP contribution in [0.25, 0.3) is 0 Å². The summed E-state index contributed by atoms with van der Waals surface area (Å²) >= 11 is 5.78. The van der Waals surface area contributed by atoms with Crippen LogP contribution in [0, 0.1) is 0 Å². The molecule has 1 aromatic heterocycles. The molecule has 94 valence electrons. The lowest BCUT2D eigenvalue weighted by Crippen LogP contribution is -2.45. The number of hydrogen-bond acceptors (Lipinski definition) is 4. The highest BCUT2D eigenvalue weighted by atomic mass is 35.5. The molecule has 2 heterocycles. The van der Waals surface area contributed by atoms with Crippen molar-refractivity contribution in [2.45, 2.75) is 13.0 Å². The molecule has 0 amide bonds. The van der Waals surface area contributed by atoms with E-state index in [9.17, 15) is 0 Å². The molecule has 0 saturated carbocycles. The molecular weight excluding hydrogens is 238 g/mol. The first kappa shape index (κ1) is 12.6. The summed E-state index contributed by atoms with van der Waals surface area (Å²) in [5.74, 6) is 0.839. The molecule has 0 aromatic carbocycles. The Morgan fingerprint density at radius 3 is 3.18 bits per heavy atom. The highest BCUT2D eigenvalue weighted by Crippen LogP contribution is 2.10. The number of likely N-dealkylation sites (N-methyl/N-ethyl adjacent to an activating group) is 1. The SMILES string of the molecule is CCN1CCOC(CNc2ccc(Cl)cn2)C1. The van der Waals surface area contributed by atoms with E-state index in [1.165, 1.54) is 0 Å². The number of nitrogens with one attached hydrogen (secondary N) is 1. The van der Waals surface area contributed by atoms with E-state index < -0.39 is 0 Å². The van der Waals surface area contributed by atoms with Crippen LogP contribution in [0.1, 0.15) is 6.92 Å². The largest absolute Gasteiger partial charge is 0.374 e. The van der Waals surface area contributed by atoms with Crippen LogP contribution in [0.3, 0.4) is 0 Å². The molecule has 1 aliphatic rings. The van der Waals surface area contributed by atoms with Crippen LogP contribution >= 0.6 is 11.6 Å². The number of anilines is 1. The van der Waals surface area contributed by atoms with Gasteiger partial charge in [-0.25, -0.2) is 4.98 Å². The fourth-order valence-electron chi connectivity index (χ4n) is 1.89. The van der Waals surface area contributed by atoms with Crippen LogP contribution in [0.15, 0.2) is 18.3 Å². The van der Waals surface area contributed by atoms with Crippen molar-refractivity contribution in [3.8, 4) is 0 Å². The van der Waals surface area contributed by atoms with Gasteiger partial charge in [0.2, 0.25) is 0 Å². The molecule has 4 nitrogen and oxygen atoms in total. The number of ether oxygens (including phenoxy) is 1. The lowest BCUT2D eigenvalue weighted by atomic mass is 10.2. The minimum atomic E-state index is 0.237.